The van der Waals surface area contributed by atoms with Crippen LogP contribution in [0.2, 0.25) is 0 Å². The normalized spacial score (nSPS) is 11.9. The first kappa shape index (κ1) is 20.7. The first-order valence-corrected chi connectivity index (χ1v) is 7.13. The number of ether oxygens (including phenoxy) is 2. The minimum Gasteiger partial charge on any atom is -0.460 e. The molecule has 0 saturated carbocycles. The smallest absolute Gasteiger partial charge is 0.407 e. The van der Waals surface area contributed by atoms with Crippen LogP contribution in [0.15, 0.2) is 0 Å². The van der Waals surface area contributed by atoms with E-state index in [1.165, 1.54) is 7.05 Å². The number of carbonyl (C=O) groups is 4. The van der Waals surface area contributed by atoms with Crippen LogP contribution in [0.1, 0.15) is 33.6 Å². The Labute approximate surface area is 135 Å². The second-order valence-corrected chi connectivity index (χ2v) is 5.70. The van der Waals surface area contributed by atoms with Crippen molar-refractivity contribution < 1.29 is 28.7 Å². The van der Waals surface area contributed by atoms with E-state index in [9.17, 15) is 19.2 Å². The molecule has 0 fully saturated rings. The van der Waals surface area contributed by atoms with Crippen LogP contribution in [0.4, 0.5) is 4.79 Å². The molecule has 0 rings (SSSR count). The fourth-order valence-corrected chi connectivity index (χ4v) is 1.50. The predicted octanol–water partition coefficient (Wildman–Crippen LogP) is -0.305. The van der Waals surface area contributed by atoms with Crippen molar-refractivity contribution in [3.8, 4) is 0 Å². The lowest BCUT2D eigenvalue weighted by atomic mass is 10.1. The van der Waals surface area contributed by atoms with Gasteiger partial charge in [-0.3, -0.25) is 14.4 Å². The highest BCUT2D eigenvalue weighted by atomic mass is 16.6. The maximum Gasteiger partial charge on any atom is 0.407 e. The molecule has 0 aliphatic rings. The quantitative estimate of drug-likeness (QED) is 0.550. The van der Waals surface area contributed by atoms with Gasteiger partial charge in [0.25, 0.3) is 0 Å². The third-order valence-corrected chi connectivity index (χ3v) is 2.55. The van der Waals surface area contributed by atoms with Gasteiger partial charge in [0.1, 0.15) is 11.6 Å². The molecule has 9 nitrogen and oxygen atoms in total. The average Bonchev–Trinajstić information content (AvgIpc) is 2.46. The summed E-state index contributed by atoms with van der Waals surface area (Å²) in [5.74, 6) is -1.47. The Morgan fingerprint density at radius 3 is 2.22 bits per heavy atom. The maximum atomic E-state index is 12.0. The zero-order valence-corrected chi connectivity index (χ0v) is 14.1. The Balaban J connectivity index is 4.62. The summed E-state index contributed by atoms with van der Waals surface area (Å²) in [6.07, 6.45) is -0.864. The average molecular weight is 331 g/mol. The number of amides is 3. The minimum absolute atomic E-state index is 0.0175. The van der Waals surface area contributed by atoms with E-state index in [2.05, 4.69) is 20.7 Å². The first-order chi connectivity index (χ1) is 10.6. The van der Waals surface area contributed by atoms with E-state index in [1.54, 1.807) is 20.8 Å². The van der Waals surface area contributed by atoms with Crippen molar-refractivity contribution in [3.63, 3.8) is 0 Å². The van der Waals surface area contributed by atoms with Crippen molar-refractivity contribution in [3.05, 3.63) is 0 Å². The highest BCUT2D eigenvalue weighted by molar-refractivity contribution is 5.89. The number of hydrogen-bond donors (Lipinski definition) is 3. The molecule has 1 atom stereocenters. The van der Waals surface area contributed by atoms with Gasteiger partial charge in [-0.05, 0) is 27.2 Å². The summed E-state index contributed by atoms with van der Waals surface area (Å²) >= 11 is 0. The molecule has 3 amide bonds. The van der Waals surface area contributed by atoms with Gasteiger partial charge in [-0.25, -0.2) is 4.79 Å². The Morgan fingerprint density at radius 1 is 1.13 bits per heavy atom. The lowest BCUT2D eigenvalue weighted by molar-refractivity contribution is -0.155. The molecule has 0 aromatic heterocycles. The van der Waals surface area contributed by atoms with Crippen LogP contribution in [0.3, 0.4) is 0 Å². The molecule has 23 heavy (non-hydrogen) atoms. The van der Waals surface area contributed by atoms with Crippen LogP contribution in [-0.2, 0) is 23.9 Å². The summed E-state index contributed by atoms with van der Waals surface area (Å²) in [5.41, 5.74) is -0.635. The molecule has 0 bridgehead atoms. The molecular weight excluding hydrogens is 306 g/mol. The van der Waals surface area contributed by atoms with Crippen LogP contribution in [-0.4, -0.2) is 56.2 Å². The molecule has 0 aromatic rings. The Bertz CT molecular complexity index is 444. The van der Waals surface area contributed by atoms with E-state index in [-0.39, 0.29) is 25.3 Å². The monoisotopic (exact) mass is 331 g/mol. The topological polar surface area (TPSA) is 123 Å². The van der Waals surface area contributed by atoms with E-state index in [1.807, 2.05) is 0 Å². The third kappa shape index (κ3) is 10.1. The number of alkyl carbamates (subject to hydrolysis) is 1. The molecule has 0 spiro atoms. The summed E-state index contributed by atoms with van der Waals surface area (Å²) in [7, 11) is 2.59. The summed E-state index contributed by atoms with van der Waals surface area (Å²) < 4.78 is 9.58. The van der Waals surface area contributed by atoms with Gasteiger partial charge < -0.3 is 25.4 Å². The highest BCUT2D eigenvalue weighted by Gasteiger charge is 2.24. The Hall–Kier alpha value is -2.32. The molecule has 0 radical (unpaired) electrons. The molecule has 0 saturated heterocycles. The van der Waals surface area contributed by atoms with Gasteiger partial charge in [0.15, 0.2) is 0 Å². The van der Waals surface area contributed by atoms with Crippen molar-refractivity contribution in [1.29, 1.82) is 0 Å². The van der Waals surface area contributed by atoms with Crippen molar-refractivity contribution >= 4 is 23.9 Å². The van der Waals surface area contributed by atoms with E-state index in [4.69, 9.17) is 4.74 Å². The van der Waals surface area contributed by atoms with Gasteiger partial charge >= 0.3 is 12.1 Å². The van der Waals surface area contributed by atoms with E-state index in [0.29, 0.717) is 0 Å². The fraction of sp³-hybridized carbons (Fsp3) is 0.714. The second kappa shape index (κ2) is 9.65. The summed E-state index contributed by atoms with van der Waals surface area (Å²) in [6.45, 7) is 4.95. The lowest BCUT2D eigenvalue weighted by Gasteiger charge is -2.21. The van der Waals surface area contributed by atoms with Gasteiger partial charge in [-0.1, -0.05) is 0 Å². The van der Waals surface area contributed by atoms with Gasteiger partial charge in [0.2, 0.25) is 11.8 Å². The Morgan fingerprint density at radius 2 is 1.74 bits per heavy atom. The van der Waals surface area contributed by atoms with Crippen LogP contribution in [0.25, 0.3) is 0 Å². The van der Waals surface area contributed by atoms with Crippen LogP contribution < -0.4 is 16.0 Å². The number of likely N-dealkylation sites (N-methyl/N-ethyl adjacent to an activating group) is 1. The summed E-state index contributed by atoms with van der Waals surface area (Å²) in [6, 6.07) is -1.01. The van der Waals surface area contributed by atoms with Gasteiger partial charge in [-0.2, -0.15) is 0 Å². The molecule has 9 heteroatoms. The standard InChI is InChI=1S/C14H25N3O6/c1-14(2,3)23-11(19)7-6-9(17-13(21)22-5)12(20)16-8-10(18)15-4/h9H,6-8H2,1-5H3,(H,15,18)(H,16,20)(H,17,21). The van der Waals surface area contributed by atoms with Crippen molar-refractivity contribution in [2.24, 2.45) is 0 Å². The highest BCUT2D eigenvalue weighted by Crippen LogP contribution is 2.10. The number of carbonyl (C=O) groups excluding carboxylic acids is 4. The van der Waals surface area contributed by atoms with Crippen molar-refractivity contribution in [1.82, 2.24) is 16.0 Å². The zero-order valence-electron chi connectivity index (χ0n) is 14.1. The molecular formula is C14H25N3O6. The third-order valence-electron chi connectivity index (χ3n) is 2.55. The number of hydrogen-bond acceptors (Lipinski definition) is 6. The molecule has 132 valence electrons. The van der Waals surface area contributed by atoms with E-state index in [0.717, 1.165) is 7.11 Å². The van der Waals surface area contributed by atoms with Crippen molar-refractivity contribution in [2.75, 3.05) is 20.7 Å². The molecule has 0 aliphatic heterocycles. The Kier molecular flexibility index (Phi) is 8.67. The minimum atomic E-state index is -1.01. The van der Waals surface area contributed by atoms with E-state index < -0.39 is 29.6 Å². The van der Waals surface area contributed by atoms with Crippen molar-refractivity contribution in [2.45, 2.75) is 45.3 Å². The van der Waals surface area contributed by atoms with Gasteiger partial charge in [0.05, 0.1) is 13.7 Å². The predicted molar refractivity (Wildman–Crippen MR) is 81.5 cm³/mol. The largest absolute Gasteiger partial charge is 0.460 e. The fourth-order valence-electron chi connectivity index (χ4n) is 1.50. The molecule has 3 N–H and O–H groups in total. The lowest BCUT2D eigenvalue weighted by Crippen LogP contribution is -2.49. The second-order valence-electron chi connectivity index (χ2n) is 5.70. The summed E-state index contributed by atoms with van der Waals surface area (Å²) in [5, 5.41) is 7.02. The molecule has 0 aliphatic carbocycles. The molecule has 0 aromatic carbocycles. The van der Waals surface area contributed by atoms with Crippen LogP contribution in [0.5, 0.6) is 0 Å². The summed E-state index contributed by atoms with van der Waals surface area (Å²) in [4.78, 5) is 46.1. The van der Waals surface area contributed by atoms with Crippen LogP contribution >= 0.6 is 0 Å². The number of esters is 1. The van der Waals surface area contributed by atoms with Gasteiger partial charge in [0, 0.05) is 13.5 Å². The maximum absolute atomic E-state index is 12.0. The van der Waals surface area contributed by atoms with Crippen LogP contribution in [0, 0.1) is 0 Å². The SMILES string of the molecule is CNC(=O)CNC(=O)C(CCC(=O)OC(C)(C)C)NC(=O)OC. The zero-order chi connectivity index (χ0) is 18.0. The first-order valence-electron chi connectivity index (χ1n) is 7.13. The number of nitrogens with one attached hydrogen (secondary N) is 3. The molecule has 1 unspecified atom stereocenters. The molecule has 0 heterocycles. The number of methoxy groups -OCH3 is 1. The van der Waals surface area contributed by atoms with Gasteiger partial charge in [-0.15, -0.1) is 0 Å². The van der Waals surface area contributed by atoms with E-state index >= 15 is 0 Å². The number of rotatable bonds is 7.